The third-order valence-corrected chi connectivity index (χ3v) is 2.71. The normalized spacial score (nSPS) is 9.96. The number of rotatable bonds is 5. The summed E-state index contributed by atoms with van der Waals surface area (Å²) < 4.78 is 4.59. The molecule has 0 aliphatic carbocycles. The largest absolute Gasteiger partial charge is 0.463 e. The molecule has 0 saturated heterocycles. The molecule has 0 radical (unpaired) electrons. The average molecular weight is 366 g/mol. The molecule has 0 aliphatic heterocycles. The molecule has 0 spiro atoms. The fraction of sp³-hybridized carbons (Fsp3) is 0.143. The van der Waals surface area contributed by atoms with Gasteiger partial charge >= 0.3 is 5.97 Å². The van der Waals surface area contributed by atoms with E-state index < -0.39 is 22.7 Å². The first kappa shape index (κ1) is 19.7. The number of carbonyl (C=O) groups excluding carboxylic acids is 3. The summed E-state index contributed by atoms with van der Waals surface area (Å²) in [6, 6.07) is 5.05. The van der Waals surface area contributed by atoms with Gasteiger partial charge in [-0.25, -0.2) is 4.79 Å². The molecule has 0 aromatic heterocycles. The number of thiocarbonyl (C=S) groups is 1. The number of carbonyl (C=O) groups is 3. The van der Waals surface area contributed by atoms with Crippen LogP contribution in [0.25, 0.3) is 0 Å². The van der Waals surface area contributed by atoms with Crippen molar-refractivity contribution in [2.24, 2.45) is 0 Å². The maximum atomic E-state index is 11.9. The molecule has 11 heteroatoms. The molecule has 0 atom stereocenters. The maximum absolute atomic E-state index is 11.9. The van der Waals surface area contributed by atoms with E-state index in [1.54, 1.807) is 6.92 Å². The lowest BCUT2D eigenvalue weighted by atomic mass is 10.2. The van der Waals surface area contributed by atoms with Gasteiger partial charge in [0, 0.05) is 29.8 Å². The van der Waals surface area contributed by atoms with E-state index in [-0.39, 0.29) is 23.0 Å². The van der Waals surface area contributed by atoms with Gasteiger partial charge in [-0.15, -0.1) is 0 Å². The van der Waals surface area contributed by atoms with E-state index in [0.29, 0.717) is 0 Å². The monoisotopic (exact) mass is 366 g/mol. The Morgan fingerprint density at radius 2 is 2.00 bits per heavy atom. The molecular weight excluding hydrogens is 352 g/mol. The number of nitro groups is 1. The number of nitrogens with zero attached hydrogens (tertiary/aromatic N) is 1. The van der Waals surface area contributed by atoms with Crippen LogP contribution in [0.5, 0.6) is 0 Å². The smallest absolute Gasteiger partial charge is 0.330 e. The van der Waals surface area contributed by atoms with Crippen molar-refractivity contribution in [1.29, 1.82) is 0 Å². The van der Waals surface area contributed by atoms with Gasteiger partial charge < -0.3 is 4.74 Å². The van der Waals surface area contributed by atoms with Crippen molar-refractivity contribution >= 4 is 40.8 Å². The van der Waals surface area contributed by atoms with E-state index in [1.165, 1.54) is 18.2 Å². The Kier molecular flexibility index (Phi) is 7.66. The highest BCUT2D eigenvalue weighted by Gasteiger charge is 2.11. The topological polar surface area (TPSA) is 140 Å². The molecular formula is C14H14N4O6S. The van der Waals surface area contributed by atoms with E-state index in [0.717, 1.165) is 18.2 Å². The van der Waals surface area contributed by atoms with Gasteiger partial charge in [0.25, 0.3) is 11.6 Å². The fourth-order valence-corrected chi connectivity index (χ4v) is 1.62. The van der Waals surface area contributed by atoms with Crippen molar-refractivity contribution in [2.45, 2.75) is 6.92 Å². The molecule has 0 heterocycles. The minimum absolute atomic E-state index is 0.0260. The van der Waals surface area contributed by atoms with Crippen LogP contribution in [0, 0.1) is 10.1 Å². The molecule has 0 aliphatic rings. The molecule has 3 N–H and O–H groups in total. The summed E-state index contributed by atoms with van der Waals surface area (Å²) in [7, 11) is 0. The number of esters is 1. The van der Waals surface area contributed by atoms with Crippen LogP contribution in [-0.4, -0.2) is 34.4 Å². The number of amides is 2. The van der Waals surface area contributed by atoms with Gasteiger partial charge in [0.05, 0.1) is 11.5 Å². The molecule has 2 amide bonds. The maximum Gasteiger partial charge on any atom is 0.330 e. The quantitative estimate of drug-likeness (QED) is 0.223. The zero-order valence-electron chi connectivity index (χ0n) is 13.0. The molecule has 0 bridgehead atoms. The second kappa shape index (κ2) is 9.72. The predicted molar refractivity (Wildman–Crippen MR) is 90.2 cm³/mol. The Bertz CT molecular complexity index is 734. The Labute approximate surface area is 147 Å². The third kappa shape index (κ3) is 7.18. The van der Waals surface area contributed by atoms with Crippen LogP contribution in [0.4, 0.5) is 5.69 Å². The van der Waals surface area contributed by atoms with Crippen molar-refractivity contribution in [2.75, 3.05) is 6.61 Å². The second-order valence-electron chi connectivity index (χ2n) is 4.29. The van der Waals surface area contributed by atoms with Crippen LogP contribution >= 0.6 is 12.2 Å². The zero-order valence-corrected chi connectivity index (χ0v) is 13.8. The summed E-state index contributed by atoms with van der Waals surface area (Å²) in [5.41, 5.74) is 4.21. The molecule has 0 fully saturated rings. The molecule has 10 nitrogen and oxygen atoms in total. The Morgan fingerprint density at radius 3 is 2.64 bits per heavy atom. The van der Waals surface area contributed by atoms with Crippen LogP contribution in [0.3, 0.4) is 0 Å². The zero-order chi connectivity index (χ0) is 18.8. The van der Waals surface area contributed by atoms with Gasteiger partial charge in [-0.05, 0) is 25.2 Å². The number of hydrogen-bond acceptors (Lipinski definition) is 7. The van der Waals surface area contributed by atoms with Gasteiger partial charge in [0.2, 0.25) is 5.91 Å². The highest BCUT2D eigenvalue weighted by Crippen LogP contribution is 2.12. The van der Waals surface area contributed by atoms with Gasteiger partial charge in [-0.3, -0.25) is 35.9 Å². The number of hydrazine groups is 1. The third-order valence-electron chi connectivity index (χ3n) is 2.50. The number of nitrogens with one attached hydrogen (secondary N) is 3. The summed E-state index contributed by atoms with van der Waals surface area (Å²) in [6.07, 6.45) is 1.83. The Morgan fingerprint density at radius 1 is 1.28 bits per heavy atom. The highest BCUT2D eigenvalue weighted by atomic mass is 32.1. The molecule has 1 rings (SSSR count). The summed E-state index contributed by atoms with van der Waals surface area (Å²) in [4.78, 5) is 44.4. The van der Waals surface area contributed by atoms with Gasteiger partial charge in [-0.2, -0.15) is 0 Å². The van der Waals surface area contributed by atoms with E-state index in [1.807, 2.05) is 0 Å². The summed E-state index contributed by atoms with van der Waals surface area (Å²) >= 11 is 4.78. The number of ether oxygens (including phenoxy) is 1. The minimum atomic E-state index is -0.713. The second-order valence-corrected chi connectivity index (χ2v) is 4.70. The van der Waals surface area contributed by atoms with E-state index >= 15 is 0 Å². The lowest BCUT2D eigenvalue weighted by molar-refractivity contribution is -0.384. The number of hydrogen-bond donors (Lipinski definition) is 3. The molecule has 1 aromatic carbocycles. The van der Waals surface area contributed by atoms with Crippen molar-refractivity contribution in [1.82, 2.24) is 16.2 Å². The van der Waals surface area contributed by atoms with Gasteiger partial charge in [0.1, 0.15) is 0 Å². The summed E-state index contributed by atoms with van der Waals surface area (Å²) in [6.45, 7) is 1.79. The molecule has 25 heavy (non-hydrogen) atoms. The first-order chi connectivity index (χ1) is 11.8. The lowest BCUT2D eigenvalue weighted by Gasteiger charge is -2.09. The first-order valence-corrected chi connectivity index (χ1v) is 7.25. The van der Waals surface area contributed by atoms with Crippen LogP contribution in [0.2, 0.25) is 0 Å². The van der Waals surface area contributed by atoms with Crippen molar-refractivity contribution in [3.05, 3.63) is 52.1 Å². The predicted octanol–water partition coefficient (Wildman–Crippen LogP) is 0.350. The van der Waals surface area contributed by atoms with Crippen LogP contribution in [-0.2, 0) is 14.3 Å². The summed E-state index contributed by atoms with van der Waals surface area (Å²) in [5, 5.41) is 12.6. The Balaban J connectivity index is 2.49. The fourth-order valence-electron chi connectivity index (χ4n) is 1.47. The molecule has 0 unspecified atom stereocenters. The standard InChI is InChI=1S/C14H14N4O6S/c1-2-24-12(20)7-6-11(19)15-14(25)17-16-13(21)9-4-3-5-10(8-9)18(22)23/h3-8H,2H2,1H3,(H,16,21)(H2,15,17,19,25). The molecule has 0 saturated carbocycles. The first-order valence-electron chi connectivity index (χ1n) is 6.84. The van der Waals surface area contributed by atoms with E-state index in [2.05, 4.69) is 20.9 Å². The average Bonchev–Trinajstić information content (AvgIpc) is 2.58. The van der Waals surface area contributed by atoms with Crippen molar-refractivity contribution < 1.29 is 24.0 Å². The summed E-state index contributed by atoms with van der Waals surface area (Å²) in [5.74, 6) is -2.09. The number of nitro benzene ring substituents is 1. The SMILES string of the molecule is CCOC(=O)C=CC(=O)NC(=S)NNC(=O)c1cccc([N+](=O)[O-])c1. The van der Waals surface area contributed by atoms with Crippen LogP contribution in [0.15, 0.2) is 36.4 Å². The molecule has 1 aromatic rings. The number of benzene rings is 1. The minimum Gasteiger partial charge on any atom is -0.463 e. The van der Waals surface area contributed by atoms with Gasteiger partial charge in [0.15, 0.2) is 5.11 Å². The Hall–Kier alpha value is -3.34. The van der Waals surface area contributed by atoms with E-state index in [4.69, 9.17) is 12.2 Å². The van der Waals surface area contributed by atoms with E-state index in [9.17, 15) is 24.5 Å². The van der Waals surface area contributed by atoms with Crippen LogP contribution < -0.4 is 16.2 Å². The van der Waals surface area contributed by atoms with Gasteiger partial charge in [-0.1, -0.05) is 6.07 Å². The van der Waals surface area contributed by atoms with Crippen molar-refractivity contribution in [3.63, 3.8) is 0 Å². The number of non-ortho nitro benzene ring substituents is 1. The van der Waals surface area contributed by atoms with Crippen LogP contribution in [0.1, 0.15) is 17.3 Å². The lowest BCUT2D eigenvalue weighted by Crippen LogP contribution is -2.48. The molecule has 132 valence electrons. The van der Waals surface area contributed by atoms with Crippen molar-refractivity contribution in [3.8, 4) is 0 Å². The highest BCUT2D eigenvalue weighted by molar-refractivity contribution is 7.80.